The standard InChI is InChI=1S/C18H21NO3/c1-13(19(21)15(3)20)16-9-11-18(12-10-16)22-14(2)17-7-5-4-6-8-17/h4-14,21H,1-3H3/t13-,14-/m0/s1. The van der Waals surface area contributed by atoms with Crippen LogP contribution in [0, 0.1) is 0 Å². The van der Waals surface area contributed by atoms with Gasteiger partial charge in [0, 0.05) is 6.92 Å². The summed E-state index contributed by atoms with van der Waals surface area (Å²) in [6.45, 7) is 5.09. The van der Waals surface area contributed by atoms with Crippen LogP contribution >= 0.6 is 0 Å². The molecule has 0 bridgehead atoms. The van der Waals surface area contributed by atoms with Crippen molar-refractivity contribution in [2.75, 3.05) is 0 Å². The minimum absolute atomic E-state index is 0.0453. The molecule has 0 aromatic heterocycles. The number of nitrogens with zero attached hydrogens (tertiary/aromatic N) is 1. The molecule has 1 N–H and O–H groups in total. The Morgan fingerprint density at radius 3 is 2.14 bits per heavy atom. The van der Waals surface area contributed by atoms with Crippen molar-refractivity contribution in [1.82, 2.24) is 5.06 Å². The molecule has 116 valence electrons. The maximum absolute atomic E-state index is 11.2. The third-order valence-corrected chi connectivity index (χ3v) is 3.63. The van der Waals surface area contributed by atoms with E-state index in [0.717, 1.165) is 21.9 Å². The van der Waals surface area contributed by atoms with E-state index >= 15 is 0 Å². The summed E-state index contributed by atoms with van der Waals surface area (Å²) in [5, 5.41) is 10.4. The van der Waals surface area contributed by atoms with Crippen molar-refractivity contribution in [3.63, 3.8) is 0 Å². The van der Waals surface area contributed by atoms with Gasteiger partial charge in [-0.3, -0.25) is 10.0 Å². The second-order valence-electron chi connectivity index (χ2n) is 5.28. The molecule has 0 saturated carbocycles. The maximum atomic E-state index is 11.2. The van der Waals surface area contributed by atoms with Crippen molar-refractivity contribution in [2.45, 2.75) is 32.9 Å². The molecule has 2 rings (SSSR count). The van der Waals surface area contributed by atoms with Crippen LogP contribution in [0.2, 0.25) is 0 Å². The first kappa shape index (κ1) is 16.0. The van der Waals surface area contributed by atoms with Crippen LogP contribution in [0.5, 0.6) is 5.75 Å². The second-order valence-corrected chi connectivity index (χ2v) is 5.28. The molecule has 0 aliphatic heterocycles. The van der Waals surface area contributed by atoms with E-state index in [1.807, 2.05) is 61.5 Å². The molecule has 22 heavy (non-hydrogen) atoms. The summed E-state index contributed by atoms with van der Waals surface area (Å²) in [7, 11) is 0. The molecule has 0 aliphatic carbocycles. The molecule has 4 nitrogen and oxygen atoms in total. The molecule has 1 amide bonds. The lowest BCUT2D eigenvalue weighted by Crippen LogP contribution is -2.27. The van der Waals surface area contributed by atoms with Gasteiger partial charge in [-0.25, -0.2) is 5.06 Å². The van der Waals surface area contributed by atoms with Crippen LogP contribution in [0.25, 0.3) is 0 Å². The highest BCUT2D eigenvalue weighted by atomic mass is 16.5. The summed E-state index contributed by atoms with van der Waals surface area (Å²) in [5.74, 6) is 0.366. The van der Waals surface area contributed by atoms with Crippen LogP contribution in [0.3, 0.4) is 0 Å². The monoisotopic (exact) mass is 299 g/mol. The Morgan fingerprint density at radius 2 is 1.59 bits per heavy atom. The average Bonchev–Trinajstić information content (AvgIpc) is 2.55. The predicted octanol–water partition coefficient (Wildman–Crippen LogP) is 4.13. The van der Waals surface area contributed by atoms with Crippen LogP contribution < -0.4 is 4.74 Å². The summed E-state index contributed by atoms with van der Waals surface area (Å²) < 4.78 is 5.90. The number of hydrogen-bond donors (Lipinski definition) is 1. The second kappa shape index (κ2) is 7.09. The van der Waals surface area contributed by atoms with Gasteiger partial charge in [-0.1, -0.05) is 42.5 Å². The van der Waals surface area contributed by atoms with Crippen molar-refractivity contribution in [3.8, 4) is 5.75 Å². The summed E-state index contributed by atoms with van der Waals surface area (Å²) in [5.41, 5.74) is 1.95. The Morgan fingerprint density at radius 1 is 1.00 bits per heavy atom. The summed E-state index contributed by atoms with van der Waals surface area (Å²) in [6.07, 6.45) is -0.0453. The SMILES string of the molecule is CC(=O)N(O)[C@@H](C)c1ccc(O[C@@H](C)c2ccccc2)cc1. The lowest BCUT2D eigenvalue weighted by atomic mass is 10.1. The highest BCUT2D eigenvalue weighted by Gasteiger charge is 2.16. The van der Waals surface area contributed by atoms with Gasteiger partial charge >= 0.3 is 0 Å². The normalized spacial score (nSPS) is 13.3. The van der Waals surface area contributed by atoms with E-state index < -0.39 is 6.04 Å². The number of hydrogen-bond acceptors (Lipinski definition) is 3. The lowest BCUT2D eigenvalue weighted by Gasteiger charge is -2.22. The van der Waals surface area contributed by atoms with E-state index in [2.05, 4.69) is 0 Å². The van der Waals surface area contributed by atoms with E-state index in [1.165, 1.54) is 6.92 Å². The first-order chi connectivity index (χ1) is 10.5. The molecule has 0 fully saturated rings. The number of benzene rings is 2. The molecule has 0 spiro atoms. The number of ether oxygens (including phenoxy) is 1. The molecule has 0 unspecified atom stereocenters. The molecule has 0 radical (unpaired) electrons. The quantitative estimate of drug-likeness (QED) is 0.667. The van der Waals surface area contributed by atoms with Gasteiger partial charge in [-0.2, -0.15) is 0 Å². The van der Waals surface area contributed by atoms with Gasteiger partial charge in [-0.15, -0.1) is 0 Å². The fourth-order valence-corrected chi connectivity index (χ4v) is 2.24. The molecule has 0 aliphatic rings. The van der Waals surface area contributed by atoms with Crippen molar-refractivity contribution in [3.05, 3.63) is 65.7 Å². The van der Waals surface area contributed by atoms with Crippen LogP contribution in [0.1, 0.15) is 44.0 Å². The van der Waals surface area contributed by atoms with Gasteiger partial charge in [-0.05, 0) is 37.1 Å². The van der Waals surface area contributed by atoms with Crippen molar-refractivity contribution in [2.24, 2.45) is 0 Å². The highest BCUT2D eigenvalue weighted by molar-refractivity contribution is 5.72. The Balaban J connectivity index is 2.04. The van der Waals surface area contributed by atoms with E-state index in [0.29, 0.717) is 0 Å². The Bertz CT molecular complexity index is 610. The molecular formula is C18H21NO3. The van der Waals surface area contributed by atoms with Crippen molar-refractivity contribution >= 4 is 5.91 Å². The third-order valence-electron chi connectivity index (χ3n) is 3.63. The molecule has 0 heterocycles. The van der Waals surface area contributed by atoms with Crippen molar-refractivity contribution < 1.29 is 14.7 Å². The summed E-state index contributed by atoms with van der Waals surface area (Å²) in [6, 6.07) is 17.0. The largest absolute Gasteiger partial charge is 0.486 e. The minimum atomic E-state index is -0.391. The van der Waals surface area contributed by atoms with Gasteiger partial charge in [0.05, 0.1) is 6.04 Å². The topological polar surface area (TPSA) is 49.8 Å². The van der Waals surface area contributed by atoms with Crippen molar-refractivity contribution in [1.29, 1.82) is 0 Å². The average molecular weight is 299 g/mol. The smallest absolute Gasteiger partial charge is 0.243 e. The molecule has 2 atom stereocenters. The molecule has 4 heteroatoms. The molecule has 2 aromatic rings. The zero-order valence-electron chi connectivity index (χ0n) is 13.1. The highest BCUT2D eigenvalue weighted by Crippen LogP contribution is 2.25. The summed E-state index contributed by atoms with van der Waals surface area (Å²) >= 11 is 0. The fraction of sp³-hybridized carbons (Fsp3) is 0.278. The molecule has 2 aromatic carbocycles. The van der Waals surface area contributed by atoms with E-state index in [1.54, 1.807) is 6.92 Å². The Labute approximate surface area is 130 Å². The lowest BCUT2D eigenvalue weighted by molar-refractivity contribution is -0.172. The van der Waals surface area contributed by atoms with Gasteiger partial charge in [0.1, 0.15) is 11.9 Å². The number of rotatable bonds is 5. The predicted molar refractivity (Wildman–Crippen MR) is 84.6 cm³/mol. The maximum Gasteiger partial charge on any atom is 0.243 e. The first-order valence-corrected chi connectivity index (χ1v) is 7.29. The van der Waals surface area contributed by atoms with Crippen LogP contribution in [-0.2, 0) is 4.79 Å². The minimum Gasteiger partial charge on any atom is -0.486 e. The Hall–Kier alpha value is -2.33. The molecule has 0 saturated heterocycles. The number of carbonyl (C=O) groups is 1. The summed E-state index contributed by atoms with van der Waals surface area (Å²) in [4.78, 5) is 11.2. The van der Waals surface area contributed by atoms with Crippen LogP contribution in [-0.4, -0.2) is 16.2 Å². The zero-order chi connectivity index (χ0) is 16.1. The van der Waals surface area contributed by atoms with Gasteiger partial charge in [0.2, 0.25) is 5.91 Å². The zero-order valence-corrected chi connectivity index (χ0v) is 13.1. The first-order valence-electron chi connectivity index (χ1n) is 7.29. The molecular weight excluding hydrogens is 278 g/mol. The van der Waals surface area contributed by atoms with Crippen LogP contribution in [0.15, 0.2) is 54.6 Å². The number of amides is 1. The fourth-order valence-electron chi connectivity index (χ4n) is 2.24. The number of hydroxylamine groups is 2. The number of carbonyl (C=O) groups excluding carboxylic acids is 1. The Kier molecular flexibility index (Phi) is 5.17. The van der Waals surface area contributed by atoms with E-state index in [4.69, 9.17) is 4.74 Å². The van der Waals surface area contributed by atoms with Gasteiger partial charge < -0.3 is 4.74 Å². The van der Waals surface area contributed by atoms with E-state index in [-0.39, 0.29) is 12.0 Å². The van der Waals surface area contributed by atoms with Crippen LogP contribution in [0.4, 0.5) is 0 Å². The van der Waals surface area contributed by atoms with Gasteiger partial charge in [0.15, 0.2) is 0 Å². The third kappa shape index (κ3) is 3.86. The van der Waals surface area contributed by atoms with E-state index in [9.17, 15) is 10.0 Å². The van der Waals surface area contributed by atoms with Gasteiger partial charge in [0.25, 0.3) is 0 Å².